The van der Waals surface area contributed by atoms with Crippen LogP contribution in [0.1, 0.15) is 18.4 Å². The van der Waals surface area contributed by atoms with Gasteiger partial charge >= 0.3 is 0 Å². The van der Waals surface area contributed by atoms with Gasteiger partial charge in [0.15, 0.2) is 0 Å². The van der Waals surface area contributed by atoms with Crippen LogP contribution >= 0.6 is 22.9 Å². The molecule has 0 spiro atoms. The van der Waals surface area contributed by atoms with Crippen molar-refractivity contribution in [1.82, 2.24) is 9.97 Å². The first-order valence-electron chi connectivity index (χ1n) is 8.15. The minimum atomic E-state index is -0.255. The summed E-state index contributed by atoms with van der Waals surface area (Å²) in [6, 6.07) is 7.38. The summed E-state index contributed by atoms with van der Waals surface area (Å²) >= 11 is 7.80. The molecule has 0 saturated carbocycles. The smallest absolute Gasteiger partial charge is 0.247 e. The molecule has 3 heterocycles. The van der Waals surface area contributed by atoms with Crippen molar-refractivity contribution in [3.8, 4) is 0 Å². The van der Waals surface area contributed by atoms with Crippen LogP contribution in [0.3, 0.4) is 0 Å². The molecule has 0 bridgehead atoms. The Hall–Kier alpha value is -2.18. The fraction of sp³-hybridized carbons (Fsp3) is 0.278. The van der Waals surface area contributed by atoms with Crippen molar-refractivity contribution in [2.75, 3.05) is 16.8 Å². The van der Waals surface area contributed by atoms with Crippen LogP contribution in [0, 0.1) is 6.92 Å². The van der Waals surface area contributed by atoms with E-state index in [1.165, 1.54) is 0 Å². The van der Waals surface area contributed by atoms with Gasteiger partial charge in [-0.25, -0.2) is 9.97 Å². The van der Waals surface area contributed by atoms with E-state index < -0.39 is 0 Å². The molecule has 128 valence electrons. The van der Waals surface area contributed by atoms with Gasteiger partial charge in [-0.15, -0.1) is 11.3 Å². The quantitative estimate of drug-likeness (QED) is 0.746. The van der Waals surface area contributed by atoms with E-state index in [0.717, 1.165) is 41.0 Å². The molecule has 1 unspecified atom stereocenters. The van der Waals surface area contributed by atoms with E-state index >= 15 is 0 Å². The number of nitrogens with zero attached hydrogens (tertiary/aromatic N) is 3. The molecule has 1 saturated heterocycles. The van der Waals surface area contributed by atoms with E-state index in [0.29, 0.717) is 10.7 Å². The Bertz CT molecular complexity index is 942. The van der Waals surface area contributed by atoms with E-state index in [2.05, 4.69) is 20.2 Å². The van der Waals surface area contributed by atoms with Crippen LogP contribution in [0.2, 0.25) is 5.02 Å². The van der Waals surface area contributed by atoms with Crippen LogP contribution in [-0.4, -0.2) is 28.5 Å². The van der Waals surface area contributed by atoms with Crippen LogP contribution in [0.4, 0.5) is 11.5 Å². The zero-order valence-corrected chi connectivity index (χ0v) is 15.3. The Kier molecular flexibility index (Phi) is 4.31. The molecular formula is C18H17ClN4OS. The maximum Gasteiger partial charge on any atom is 0.247 e. The van der Waals surface area contributed by atoms with E-state index in [4.69, 9.17) is 11.6 Å². The molecule has 1 aliphatic heterocycles. The molecule has 7 heteroatoms. The van der Waals surface area contributed by atoms with E-state index in [9.17, 15) is 4.79 Å². The van der Waals surface area contributed by atoms with Gasteiger partial charge in [0.2, 0.25) is 5.91 Å². The summed E-state index contributed by atoms with van der Waals surface area (Å²) < 4.78 is 0. The third-order valence-corrected chi connectivity index (χ3v) is 5.60. The number of halogens is 1. The lowest BCUT2D eigenvalue weighted by molar-refractivity contribution is -0.117. The fourth-order valence-corrected chi connectivity index (χ4v) is 4.14. The Morgan fingerprint density at radius 3 is 3.12 bits per heavy atom. The lowest BCUT2D eigenvalue weighted by Crippen LogP contribution is -2.40. The van der Waals surface area contributed by atoms with Gasteiger partial charge in [0, 0.05) is 6.54 Å². The Labute approximate surface area is 154 Å². The van der Waals surface area contributed by atoms with Crippen LogP contribution in [0.15, 0.2) is 36.0 Å². The minimum Gasteiger partial charge on any atom is -0.344 e. The SMILES string of the molecule is Cc1ccc(Cl)c(NC(=O)C2CCCN2c2ncnc3sccc23)c1. The highest BCUT2D eigenvalue weighted by atomic mass is 35.5. The second-order valence-electron chi connectivity index (χ2n) is 6.16. The molecule has 1 atom stereocenters. The average Bonchev–Trinajstić information content (AvgIpc) is 3.26. The number of hydrogen-bond acceptors (Lipinski definition) is 5. The first-order chi connectivity index (χ1) is 12.1. The van der Waals surface area contributed by atoms with Crippen molar-refractivity contribution in [2.45, 2.75) is 25.8 Å². The number of fused-ring (bicyclic) bond motifs is 1. The molecule has 1 aromatic carbocycles. The van der Waals surface area contributed by atoms with E-state index in [-0.39, 0.29) is 11.9 Å². The summed E-state index contributed by atoms with van der Waals surface area (Å²) in [5.74, 6) is 0.784. The summed E-state index contributed by atoms with van der Waals surface area (Å²) in [5.41, 5.74) is 1.71. The molecule has 3 aromatic rings. The number of anilines is 2. The van der Waals surface area contributed by atoms with Crippen LogP contribution in [0.5, 0.6) is 0 Å². The number of rotatable bonds is 3. The second kappa shape index (κ2) is 6.61. The summed E-state index contributed by atoms with van der Waals surface area (Å²) in [6.07, 6.45) is 3.32. The molecule has 2 aromatic heterocycles. The number of carbonyl (C=O) groups is 1. The Morgan fingerprint density at radius 2 is 2.24 bits per heavy atom. The Morgan fingerprint density at radius 1 is 1.36 bits per heavy atom. The van der Waals surface area contributed by atoms with Gasteiger partial charge in [-0.1, -0.05) is 17.7 Å². The number of carbonyl (C=O) groups excluding carboxylic acids is 1. The van der Waals surface area contributed by atoms with Gasteiger partial charge in [0.05, 0.1) is 16.1 Å². The topological polar surface area (TPSA) is 58.1 Å². The second-order valence-corrected chi connectivity index (χ2v) is 7.46. The van der Waals surface area contributed by atoms with Crippen molar-refractivity contribution in [3.05, 3.63) is 46.6 Å². The molecular weight excluding hydrogens is 356 g/mol. The lowest BCUT2D eigenvalue weighted by atomic mass is 10.1. The molecule has 0 aliphatic carbocycles. The number of aryl methyl sites for hydroxylation is 1. The molecule has 5 nitrogen and oxygen atoms in total. The van der Waals surface area contributed by atoms with Gasteiger partial charge in [-0.2, -0.15) is 0 Å². The van der Waals surface area contributed by atoms with Crippen LogP contribution in [0.25, 0.3) is 10.2 Å². The average molecular weight is 373 g/mol. The van der Waals surface area contributed by atoms with Crippen molar-refractivity contribution >= 4 is 50.6 Å². The molecule has 1 amide bonds. The zero-order chi connectivity index (χ0) is 17.4. The predicted molar refractivity (Wildman–Crippen MR) is 103 cm³/mol. The largest absolute Gasteiger partial charge is 0.344 e. The molecule has 25 heavy (non-hydrogen) atoms. The van der Waals surface area contributed by atoms with Gasteiger partial charge < -0.3 is 10.2 Å². The number of amides is 1. The predicted octanol–water partition coefficient (Wildman–Crippen LogP) is 4.26. The van der Waals surface area contributed by atoms with Gasteiger partial charge in [0.25, 0.3) is 0 Å². The summed E-state index contributed by atoms with van der Waals surface area (Å²) in [6.45, 7) is 2.78. The minimum absolute atomic E-state index is 0.0491. The van der Waals surface area contributed by atoms with Crippen molar-refractivity contribution in [3.63, 3.8) is 0 Å². The van der Waals surface area contributed by atoms with Gasteiger partial charge in [-0.05, 0) is 48.9 Å². The number of benzene rings is 1. The highest BCUT2D eigenvalue weighted by Crippen LogP contribution is 2.32. The van der Waals surface area contributed by atoms with Crippen molar-refractivity contribution in [1.29, 1.82) is 0 Å². The summed E-state index contributed by atoms with van der Waals surface area (Å²) in [4.78, 5) is 24.6. The number of aromatic nitrogens is 2. The van der Waals surface area contributed by atoms with Crippen LogP contribution < -0.4 is 10.2 Å². The zero-order valence-electron chi connectivity index (χ0n) is 13.7. The van der Waals surface area contributed by atoms with E-state index in [1.54, 1.807) is 23.7 Å². The lowest BCUT2D eigenvalue weighted by Gasteiger charge is -2.25. The molecule has 1 fully saturated rings. The summed E-state index contributed by atoms with van der Waals surface area (Å²) in [7, 11) is 0. The molecule has 4 rings (SSSR count). The first-order valence-corrected chi connectivity index (χ1v) is 9.41. The first kappa shape index (κ1) is 16.3. The monoisotopic (exact) mass is 372 g/mol. The highest BCUT2D eigenvalue weighted by molar-refractivity contribution is 7.16. The summed E-state index contributed by atoms with van der Waals surface area (Å²) in [5, 5.41) is 6.53. The number of hydrogen-bond donors (Lipinski definition) is 1. The maximum absolute atomic E-state index is 12.9. The standard InChI is InChI=1S/C18H17ClN4OS/c1-11-4-5-13(19)14(9-11)22-17(24)15-3-2-7-23(15)16-12-6-8-25-18(12)21-10-20-16/h4-6,8-10,15H,2-3,7H2,1H3,(H,22,24). The van der Waals surface area contributed by atoms with Crippen molar-refractivity contribution < 1.29 is 4.79 Å². The van der Waals surface area contributed by atoms with Gasteiger partial charge in [-0.3, -0.25) is 4.79 Å². The Balaban J connectivity index is 1.62. The molecule has 1 aliphatic rings. The third kappa shape index (κ3) is 3.07. The number of nitrogens with one attached hydrogen (secondary N) is 1. The normalized spacial score (nSPS) is 17.2. The van der Waals surface area contributed by atoms with E-state index in [1.807, 2.05) is 30.5 Å². The van der Waals surface area contributed by atoms with Crippen molar-refractivity contribution in [2.24, 2.45) is 0 Å². The fourth-order valence-electron chi connectivity index (χ4n) is 3.25. The highest BCUT2D eigenvalue weighted by Gasteiger charge is 2.33. The maximum atomic E-state index is 12.9. The van der Waals surface area contributed by atoms with Crippen LogP contribution in [-0.2, 0) is 4.79 Å². The number of thiophene rings is 1. The van der Waals surface area contributed by atoms with Gasteiger partial charge in [0.1, 0.15) is 23.0 Å². The third-order valence-electron chi connectivity index (χ3n) is 4.45. The molecule has 1 N–H and O–H groups in total. The molecule has 0 radical (unpaired) electrons.